The molecule has 1 heterocycles. The van der Waals surface area contributed by atoms with E-state index in [4.69, 9.17) is 12.2 Å². The topological polar surface area (TPSA) is 28.7 Å². The number of aryl methyl sites for hydroxylation is 1. The van der Waals surface area contributed by atoms with E-state index in [9.17, 15) is 0 Å². The zero-order chi connectivity index (χ0) is 13.2. The Morgan fingerprint density at radius 1 is 1.21 bits per heavy atom. The van der Waals surface area contributed by atoms with E-state index >= 15 is 0 Å². The van der Waals surface area contributed by atoms with Crippen molar-refractivity contribution >= 4 is 28.1 Å². The van der Waals surface area contributed by atoms with Gasteiger partial charge in [-0.05, 0) is 37.3 Å². The Morgan fingerprint density at radius 3 is 2.84 bits per heavy atom. The van der Waals surface area contributed by atoms with E-state index in [0.29, 0.717) is 0 Å². The molecule has 0 spiro atoms. The van der Waals surface area contributed by atoms with Gasteiger partial charge >= 0.3 is 0 Å². The minimum Gasteiger partial charge on any atom is -0.347 e. The van der Waals surface area contributed by atoms with Crippen LogP contribution < -0.4 is 0 Å². The van der Waals surface area contributed by atoms with Gasteiger partial charge < -0.3 is 4.98 Å². The molecule has 0 radical (unpaired) electrons. The van der Waals surface area contributed by atoms with Crippen LogP contribution in [0.1, 0.15) is 35.5 Å². The zero-order valence-electron chi connectivity index (χ0n) is 10.6. The summed E-state index contributed by atoms with van der Waals surface area (Å²) in [5.41, 5.74) is 3.79. The van der Waals surface area contributed by atoms with Gasteiger partial charge in [0.25, 0.3) is 0 Å². The molecule has 1 aliphatic rings. The molecular formula is C15H15BrN2S. The highest BCUT2D eigenvalue weighted by atomic mass is 79.9. The summed E-state index contributed by atoms with van der Waals surface area (Å²) in [5.74, 6) is 0.970. The molecule has 0 atom stereocenters. The van der Waals surface area contributed by atoms with Crippen LogP contribution >= 0.6 is 28.1 Å². The van der Waals surface area contributed by atoms with Crippen LogP contribution in [0.4, 0.5) is 0 Å². The third-order valence-corrected chi connectivity index (χ3v) is 4.68. The van der Waals surface area contributed by atoms with Gasteiger partial charge in [-0.15, -0.1) is 0 Å². The van der Waals surface area contributed by atoms with Gasteiger partial charge in [0.1, 0.15) is 10.5 Å². The first-order valence-corrected chi connectivity index (χ1v) is 7.78. The highest BCUT2D eigenvalue weighted by molar-refractivity contribution is 9.10. The van der Waals surface area contributed by atoms with Gasteiger partial charge in [-0.25, -0.2) is 4.98 Å². The minimum atomic E-state index is 0.788. The maximum Gasteiger partial charge on any atom is 0.133 e. The van der Waals surface area contributed by atoms with E-state index in [1.807, 2.05) is 12.1 Å². The number of aromatic amines is 1. The Bertz CT molecular complexity index is 663. The van der Waals surface area contributed by atoms with Gasteiger partial charge in [-0.2, -0.15) is 0 Å². The Kier molecular flexibility index (Phi) is 3.80. The highest BCUT2D eigenvalue weighted by Gasteiger charge is 2.13. The summed E-state index contributed by atoms with van der Waals surface area (Å²) < 4.78 is 1.91. The molecule has 0 amide bonds. The zero-order valence-corrected chi connectivity index (χ0v) is 13.0. The van der Waals surface area contributed by atoms with Crippen molar-refractivity contribution in [3.8, 4) is 0 Å². The number of hydrogen-bond acceptors (Lipinski definition) is 2. The first-order valence-electron chi connectivity index (χ1n) is 6.58. The fourth-order valence-electron chi connectivity index (χ4n) is 2.58. The minimum absolute atomic E-state index is 0.788. The monoisotopic (exact) mass is 334 g/mol. The molecule has 2 aromatic rings. The summed E-state index contributed by atoms with van der Waals surface area (Å²) in [7, 11) is 0. The number of nitrogens with one attached hydrogen (secondary N) is 1. The summed E-state index contributed by atoms with van der Waals surface area (Å²) in [5, 5.41) is 0. The van der Waals surface area contributed by atoms with Crippen LogP contribution in [0.3, 0.4) is 0 Å². The molecule has 1 aromatic heterocycles. The lowest BCUT2D eigenvalue weighted by Crippen LogP contribution is -2.10. The number of rotatable bonds is 2. The van der Waals surface area contributed by atoms with E-state index in [-0.39, 0.29) is 0 Å². The number of hydrogen-bond donors (Lipinski definition) is 1. The highest BCUT2D eigenvalue weighted by Crippen LogP contribution is 2.22. The number of H-pyrrole nitrogens is 1. The van der Waals surface area contributed by atoms with Crippen LogP contribution in [-0.2, 0) is 19.3 Å². The van der Waals surface area contributed by atoms with Crippen molar-refractivity contribution in [1.29, 1.82) is 0 Å². The fraction of sp³-hybridized carbons (Fsp3) is 0.333. The molecule has 0 aliphatic heterocycles. The number of aromatic nitrogens is 2. The predicted molar refractivity (Wildman–Crippen MR) is 83.0 cm³/mol. The van der Waals surface area contributed by atoms with Crippen LogP contribution in [-0.4, -0.2) is 9.97 Å². The van der Waals surface area contributed by atoms with Crippen LogP contribution in [0.25, 0.3) is 0 Å². The average Bonchev–Trinajstić information content (AvgIpc) is 2.42. The van der Waals surface area contributed by atoms with E-state index in [2.05, 4.69) is 38.0 Å². The van der Waals surface area contributed by atoms with Gasteiger partial charge in [-0.3, -0.25) is 0 Å². The van der Waals surface area contributed by atoms with Crippen molar-refractivity contribution in [2.45, 2.75) is 32.1 Å². The standard InChI is InChI=1S/C15H15BrN2S/c16-12-7-3-1-5-10(12)9-14-17-13-8-4-2-6-11(13)15(19)18-14/h1,3,5,7H,2,4,6,8-9H2,(H,17,18,19). The summed E-state index contributed by atoms with van der Waals surface area (Å²) in [4.78, 5) is 8.04. The van der Waals surface area contributed by atoms with E-state index in [1.54, 1.807) is 0 Å². The average molecular weight is 335 g/mol. The molecule has 1 aliphatic carbocycles. The quantitative estimate of drug-likeness (QED) is 0.826. The molecule has 19 heavy (non-hydrogen) atoms. The van der Waals surface area contributed by atoms with Crippen molar-refractivity contribution in [2.75, 3.05) is 0 Å². The molecular weight excluding hydrogens is 320 g/mol. The summed E-state index contributed by atoms with van der Waals surface area (Å²) in [6, 6.07) is 8.24. The predicted octanol–water partition coefficient (Wildman–Crippen LogP) is 4.37. The third-order valence-electron chi connectivity index (χ3n) is 3.57. The molecule has 4 heteroatoms. The number of halogens is 1. The van der Waals surface area contributed by atoms with E-state index in [1.165, 1.54) is 29.7 Å². The number of nitrogens with zero attached hydrogens (tertiary/aromatic N) is 1. The van der Waals surface area contributed by atoms with Crippen molar-refractivity contribution < 1.29 is 0 Å². The van der Waals surface area contributed by atoms with Crippen LogP contribution in [0.5, 0.6) is 0 Å². The van der Waals surface area contributed by atoms with Crippen molar-refractivity contribution in [3.63, 3.8) is 0 Å². The second-order valence-electron chi connectivity index (χ2n) is 4.92. The van der Waals surface area contributed by atoms with Gasteiger partial charge in [0, 0.05) is 22.2 Å². The van der Waals surface area contributed by atoms with Crippen LogP contribution in [0.15, 0.2) is 28.7 Å². The fourth-order valence-corrected chi connectivity index (χ4v) is 3.34. The maximum atomic E-state index is 5.43. The molecule has 0 unspecified atom stereocenters. The molecule has 0 saturated carbocycles. The van der Waals surface area contributed by atoms with Gasteiger partial charge in [0.15, 0.2) is 0 Å². The van der Waals surface area contributed by atoms with E-state index < -0.39 is 0 Å². The molecule has 0 bridgehead atoms. The Balaban J connectivity index is 1.96. The van der Waals surface area contributed by atoms with Crippen LogP contribution in [0, 0.1) is 4.64 Å². The van der Waals surface area contributed by atoms with Crippen molar-refractivity contribution in [2.24, 2.45) is 0 Å². The molecule has 1 N–H and O–H groups in total. The van der Waals surface area contributed by atoms with Gasteiger partial charge in [0.05, 0.1) is 0 Å². The second kappa shape index (κ2) is 5.55. The Hall–Kier alpha value is -1.00. The molecule has 2 nitrogen and oxygen atoms in total. The lowest BCUT2D eigenvalue weighted by molar-refractivity contribution is 0.653. The third kappa shape index (κ3) is 2.79. The van der Waals surface area contributed by atoms with Crippen molar-refractivity contribution in [1.82, 2.24) is 9.97 Å². The second-order valence-corrected chi connectivity index (χ2v) is 6.16. The molecule has 3 rings (SSSR count). The Labute approximate surface area is 126 Å². The largest absolute Gasteiger partial charge is 0.347 e. The SMILES string of the molecule is S=c1nc(Cc2ccccc2Br)[nH]c2c1CCCC2. The first-order chi connectivity index (χ1) is 9.24. The van der Waals surface area contributed by atoms with Gasteiger partial charge in [-0.1, -0.05) is 46.3 Å². The lowest BCUT2D eigenvalue weighted by Gasteiger charge is -2.16. The number of benzene rings is 1. The van der Waals surface area contributed by atoms with Gasteiger partial charge in [0.2, 0.25) is 0 Å². The normalized spacial score (nSPS) is 14.2. The lowest BCUT2D eigenvalue weighted by atomic mass is 9.97. The molecule has 0 saturated heterocycles. The van der Waals surface area contributed by atoms with E-state index in [0.717, 1.165) is 34.2 Å². The number of fused-ring (bicyclic) bond motifs is 1. The molecule has 0 fully saturated rings. The molecule has 1 aromatic carbocycles. The summed E-state index contributed by atoms with van der Waals surface area (Å²) >= 11 is 9.01. The Morgan fingerprint density at radius 2 is 2.00 bits per heavy atom. The maximum absolute atomic E-state index is 5.43. The summed E-state index contributed by atoms with van der Waals surface area (Å²) in [6.45, 7) is 0. The smallest absolute Gasteiger partial charge is 0.133 e. The van der Waals surface area contributed by atoms with Crippen molar-refractivity contribution in [3.05, 3.63) is 56.0 Å². The van der Waals surface area contributed by atoms with Crippen LogP contribution in [0.2, 0.25) is 0 Å². The summed E-state index contributed by atoms with van der Waals surface area (Å²) in [6.07, 6.45) is 5.45. The molecule has 98 valence electrons. The first kappa shape index (κ1) is 13.0.